The summed E-state index contributed by atoms with van der Waals surface area (Å²) in [7, 11) is -15.2. The Kier molecular flexibility index (Phi) is 17.7. The first kappa shape index (κ1) is 42.3. The van der Waals surface area contributed by atoms with E-state index in [1.807, 2.05) is 0 Å². The lowest BCUT2D eigenvalue weighted by Crippen LogP contribution is -2.48. The molecule has 0 atom stereocenters. The van der Waals surface area contributed by atoms with E-state index in [0.29, 0.717) is 4.13 Å². The Morgan fingerprint density at radius 1 is 0.568 bits per heavy atom. The molecule has 0 N–H and O–H groups in total. The van der Waals surface area contributed by atoms with Gasteiger partial charge in [-0.2, -0.15) is 43.9 Å². The van der Waals surface area contributed by atoms with Gasteiger partial charge in [0, 0.05) is 18.6 Å². The summed E-state index contributed by atoms with van der Waals surface area (Å²) >= 11 is 0. The van der Waals surface area contributed by atoms with Crippen molar-refractivity contribution in [2.45, 2.75) is 133 Å². The number of hydrogen-bond donors (Lipinski definition) is 0. The number of unbranched alkanes of at least 4 members (excludes halogenated alkanes) is 13. The largest absolute Gasteiger partial charge is 0.467 e. The second-order valence-corrected chi connectivity index (χ2v) is 13.8. The molecule has 0 aliphatic rings. The third kappa shape index (κ3) is 14.2. The summed E-state index contributed by atoms with van der Waals surface area (Å²) in [5, 5.41) is -14.0. The molecule has 1 rings (SSSR count). The number of aromatic nitrogens is 1. The molecular weight excluding hydrogens is 658 g/mol. The van der Waals surface area contributed by atoms with Crippen LogP contribution in [0.2, 0.25) is 0 Å². The maximum absolute atomic E-state index is 12.3. The molecule has 0 radical (unpaired) electrons. The number of aryl methyl sites for hydroxylation is 2. The number of alkyl halides is 10. The Hall–Kier alpha value is -1.69. The third-order valence-electron chi connectivity index (χ3n) is 6.33. The minimum Gasteiger partial charge on any atom is -0.425 e. The van der Waals surface area contributed by atoms with Gasteiger partial charge in [0.05, 0.1) is 0 Å². The standard InChI is InChI=1S/C22H40N.C4F10NO4S2/c1-3-4-5-6-7-8-9-10-11-12-13-14-15-16-19-23-20-17-22(2)18-21-23;5-1(6,7)3(11,12)20(16,17)15-21(18,19)4(13,14)2(8,9)10/h17-18,20-21H,3-16,19H2,1-2H3;/q+1;-1. The van der Waals surface area contributed by atoms with Crippen LogP contribution in [0.4, 0.5) is 43.9 Å². The van der Waals surface area contributed by atoms with Gasteiger partial charge >= 0.3 is 22.9 Å². The van der Waals surface area contributed by atoms with Crippen LogP contribution in [0.5, 0.6) is 0 Å². The molecule has 0 spiro atoms. The van der Waals surface area contributed by atoms with Crippen LogP contribution >= 0.6 is 0 Å². The second kappa shape index (κ2) is 18.5. The Balaban J connectivity index is 0.000000845. The van der Waals surface area contributed by atoms with Crippen molar-refractivity contribution in [3.8, 4) is 0 Å². The van der Waals surface area contributed by atoms with Crippen molar-refractivity contribution in [1.82, 2.24) is 0 Å². The molecular formula is C26H40F10N2O4S2. The first-order valence-electron chi connectivity index (χ1n) is 14.1. The van der Waals surface area contributed by atoms with Gasteiger partial charge in [-0.25, -0.2) is 21.4 Å². The maximum Gasteiger partial charge on any atom is 0.467 e. The van der Waals surface area contributed by atoms with Crippen LogP contribution in [0.25, 0.3) is 4.13 Å². The summed E-state index contributed by atoms with van der Waals surface area (Å²) in [5.74, 6) is 0. The minimum atomic E-state index is -7.62. The van der Waals surface area contributed by atoms with E-state index in [1.165, 1.54) is 102 Å². The van der Waals surface area contributed by atoms with Gasteiger partial charge in [-0.15, -0.1) is 0 Å². The number of rotatable bonds is 19. The molecule has 0 aliphatic carbocycles. The molecule has 260 valence electrons. The van der Waals surface area contributed by atoms with Crippen molar-refractivity contribution >= 4 is 20.0 Å². The number of nitrogens with zero attached hydrogens (tertiary/aromatic N) is 2. The topological polar surface area (TPSA) is 86.3 Å². The van der Waals surface area contributed by atoms with E-state index in [9.17, 15) is 60.7 Å². The highest BCUT2D eigenvalue weighted by molar-refractivity contribution is 8.13. The van der Waals surface area contributed by atoms with E-state index in [0.717, 1.165) is 0 Å². The van der Waals surface area contributed by atoms with Crippen LogP contribution in [-0.4, -0.2) is 39.7 Å². The van der Waals surface area contributed by atoms with E-state index in [4.69, 9.17) is 0 Å². The van der Waals surface area contributed by atoms with E-state index < -0.39 is 42.9 Å². The molecule has 1 heterocycles. The number of sulfonamides is 2. The van der Waals surface area contributed by atoms with Crippen LogP contribution < -0.4 is 4.57 Å². The Bertz CT molecular complexity index is 1100. The van der Waals surface area contributed by atoms with Crippen molar-refractivity contribution in [2.75, 3.05) is 0 Å². The molecule has 1 aromatic rings. The fraction of sp³-hybridized carbons (Fsp3) is 0.808. The number of halogens is 10. The predicted molar refractivity (Wildman–Crippen MR) is 145 cm³/mol. The average molecular weight is 699 g/mol. The summed E-state index contributed by atoms with van der Waals surface area (Å²) in [6.07, 6.45) is 10.5. The molecule has 0 unspecified atom stereocenters. The normalized spacial score (nSPS) is 13.5. The van der Waals surface area contributed by atoms with Crippen LogP contribution in [-0.2, 0) is 26.6 Å². The van der Waals surface area contributed by atoms with Crippen LogP contribution in [0, 0.1) is 6.92 Å². The monoisotopic (exact) mass is 698 g/mol. The van der Waals surface area contributed by atoms with Gasteiger partial charge in [-0.05, 0) is 18.9 Å². The van der Waals surface area contributed by atoms with Crippen LogP contribution in [0.15, 0.2) is 24.5 Å². The van der Waals surface area contributed by atoms with Crippen molar-refractivity contribution in [2.24, 2.45) is 0 Å². The third-order valence-corrected chi connectivity index (χ3v) is 9.66. The van der Waals surface area contributed by atoms with Crippen molar-refractivity contribution in [3.05, 3.63) is 34.2 Å². The minimum absolute atomic E-state index is 0.422. The van der Waals surface area contributed by atoms with Gasteiger partial charge in [-0.1, -0.05) is 84.0 Å². The molecule has 0 bridgehead atoms. The molecule has 0 saturated carbocycles. The first-order valence-corrected chi connectivity index (χ1v) is 17.0. The number of pyridine rings is 1. The van der Waals surface area contributed by atoms with Gasteiger partial charge in [0.1, 0.15) is 6.54 Å². The van der Waals surface area contributed by atoms with E-state index in [1.54, 1.807) is 0 Å². The lowest BCUT2D eigenvalue weighted by Gasteiger charge is -2.31. The average Bonchev–Trinajstić information content (AvgIpc) is 2.88. The molecule has 0 aromatic carbocycles. The van der Waals surface area contributed by atoms with Crippen molar-refractivity contribution in [3.63, 3.8) is 0 Å². The Labute approximate surface area is 252 Å². The fourth-order valence-electron chi connectivity index (χ4n) is 3.69. The zero-order valence-corrected chi connectivity index (χ0v) is 26.2. The summed E-state index contributed by atoms with van der Waals surface area (Å²) in [5.41, 5.74) is 1.35. The van der Waals surface area contributed by atoms with Gasteiger partial charge in [0.25, 0.3) is 0 Å². The predicted octanol–water partition coefficient (Wildman–Crippen LogP) is 9.09. The molecule has 0 amide bonds. The zero-order valence-electron chi connectivity index (χ0n) is 24.5. The molecule has 18 heteroatoms. The van der Waals surface area contributed by atoms with Crippen LogP contribution in [0.3, 0.4) is 0 Å². The second-order valence-electron chi connectivity index (χ2n) is 10.3. The maximum atomic E-state index is 12.3. The van der Waals surface area contributed by atoms with E-state index in [-0.39, 0.29) is 0 Å². The molecule has 44 heavy (non-hydrogen) atoms. The Morgan fingerprint density at radius 3 is 1.16 bits per heavy atom. The fourth-order valence-corrected chi connectivity index (χ4v) is 6.05. The highest BCUT2D eigenvalue weighted by Gasteiger charge is 2.68. The zero-order chi connectivity index (χ0) is 34.3. The summed E-state index contributed by atoms with van der Waals surface area (Å²) in [6.45, 7) is 5.62. The first-order chi connectivity index (χ1) is 20.0. The molecule has 0 fully saturated rings. The van der Waals surface area contributed by atoms with E-state index >= 15 is 0 Å². The molecule has 1 aromatic heterocycles. The SMILES string of the molecule is CCCCCCCCCCCCCCCC[n+]1ccc(C)cc1.O=S(=O)([N-]S(=O)(=O)C(F)(F)C(F)(F)F)C(F)(F)C(F)(F)F. The summed E-state index contributed by atoms with van der Waals surface area (Å²) in [6, 6.07) is 4.40. The summed E-state index contributed by atoms with van der Waals surface area (Å²) in [4.78, 5) is 0. The lowest BCUT2D eigenvalue weighted by molar-refractivity contribution is -0.697. The van der Waals surface area contributed by atoms with Gasteiger partial charge < -0.3 is 4.13 Å². The summed E-state index contributed by atoms with van der Waals surface area (Å²) < 4.78 is 163. The lowest BCUT2D eigenvalue weighted by atomic mass is 10.0. The molecule has 6 nitrogen and oxygen atoms in total. The molecule has 0 aliphatic heterocycles. The van der Waals surface area contributed by atoms with Gasteiger partial charge in [0.2, 0.25) is 0 Å². The number of hydrogen-bond acceptors (Lipinski definition) is 4. The highest BCUT2D eigenvalue weighted by Crippen LogP contribution is 2.47. The van der Waals surface area contributed by atoms with Crippen molar-refractivity contribution in [1.29, 1.82) is 0 Å². The molecule has 0 saturated heterocycles. The van der Waals surface area contributed by atoms with Gasteiger partial charge in [-0.3, -0.25) is 0 Å². The van der Waals surface area contributed by atoms with E-state index in [2.05, 4.69) is 42.9 Å². The quantitative estimate of drug-likeness (QED) is 0.0820. The van der Waals surface area contributed by atoms with Crippen LogP contribution in [0.1, 0.15) is 102 Å². The van der Waals surface area contributed by atoms with Gasteiger partial charge in [0.15, 0.2) is 32.4 Å². The Morgan fingerprint density at radius 2 is 0.864 bits per heavy atom. The van der Waals surface area contributed by atoms with Crippen molar-refractivity contribution < 1.29 is 65.3 Å². The smallest absolute Gasteiger partial charge is 0.425 e. The highest BCUT2D eigenvalue weighted by atomic mass is 32.3.